The minimum Gasteiger partial charge on any atom is -0.427 e. The number of piperidine rings is 1. The molecule has 1 saturated heterocycles. The Balaban J connectivity index is 1.89. The number of hydroxylamine groups is 2. The second-order valence-electron chi connectivity index (χ2n) is 6.96. The molecule has 1 fully saturated rings. The SMILES string of the molecule is CC(C)(C)OC(=O)ON1CCC(c2ccc(CCO)nc2)C(O)C1. The predicted octanol–water partition coefficient (Wildman–Crippen LogP) is 1.63. The average Bonchev–Trinajstić information content (AvgIpc) is 2.47. The Kier molecular flexibility index (Phi) is 6.15. The third-order valence-electron chi connectivity index (χ3n) is 3.78. The van der Waals surface area contributed by atoms with Gasteiger partial charge >= 0.3 is 6.16 Å². The fraction of sp³-hybridized carbons (Fsp3) is 0.647. The second kappa shape index (κ2) is 7.92. The van der Waals surface area contributed by atoms with Crippen LogP contribution in [0, 0.1) is 0 Å². The van der Waals surface area contributed by atoms with Crippen LogP contribution in [0.4, 0.5) is 4.79 Å². The van der Waals surface area contributed by atoms with Gasteiger partial charge in [-0.2, -0.15) is 0 Å². The number of aliphatic hydroxyl groups is 2. The molecule has 1 aromatic rings. The molecular formula is C17H26N2O5. The quantitative estimate of drug-likeness (QED) is 0.806. The second-order valence-corrected chi connectivity index (χ2v) is 6.96. The maximum atomic E-state index is 11.7. The molecule has 1 aliphatic rings. The van der Waals surface area contributed by atoms with Crippen LogP contribution in [-0.2, 0) is 16.0 Å². The number of hydrogen-bond donors (Lipinski definition) is 2. The molecule has 2 unspecified atom stereocenters. The summed E-state index contributed by atoms with van der Waals surface area (Å²) in [6.45, 7) is 6.10. The van der Waals surface area contributed by atoms with Gasteiger partial charge < -0.3 is 19.8 Å². The number of hydrogen-bond acceptors (Lipinski definition) is 7. The Morgan fingerprint density at radius 3 is 2.71 bits per heavy atom. The van der Waals surface area contributed by atoms with Crippen molar-refractivity contribution in [2.45, 2.75) is 51.2 Å². The zero-order valence-electron chi connectivity index (χ0n) is 14.4. The van der Waals surface area contributed by atoms with E-state index in [0.29, 0.717) is 19.4 Å². The van der Waals surface area contributed by atoms with Crippen molar-refractivity contribution in [2.24, 2.45) is 0 Å². The fourth-order valence-electron chi connectivity index (χ4n) is 2.67. The summed E-state index contributed by atoms with van der Waals surface area (Å²) in [5, 5.41) is 20.7. The summed E-state index contributed by atoms with van der Waals surface area (Å²) in [7, 11) is 0. The average molecular weight is 338 g/mol. The number of ether oxygens (including phenoxy) is 1. The summed E-state index contributed by atoms with van der Waals surface area (Å²) in [6, 6.07) is 3.79. The van der Waals surface area contributed by atoms with Crippen molar-refractivity contribution in [1.82, 2.24) is 10.0 Å². The van der Waals surface area contributed by atoms with Crippen LogP contribution in [0.3, 0.4) is 0 Å². The smallest absolute Gasteiger partial charge is 0.427 e. The normalized spacial score (nSPS) is 22.2. The van der Waals surface area contributed by atoms with Crippen molar-refractivity contribution < 1.29 is 24.6 Å². The molecule has 2 heterocycles. The van der Waals surface area contributed by atoms with Crippen LogP contribution in [0.1, 0.15) is 44.4 Å². The lowest BCUT2D eigenvalue weighted by molar-refractivity contribution is -0.170. The summed E-state index contributed by atoms with van der Waals surface area (Å²) in [6.07, 6.45) is 1.48. The minimum absolute atomic E-state index is 0.0563. The molecule has 0 amide bonds. The van der Waals surface area contributed by atoms with Gasteiger partial charge in [0.15, 0.2) is 0 Å². The van der Waals surface area contributed by atoms with E-state index in [0.717, 1.165) is 11.3 Å². The monoisotopic (exact) mass is 338 g/mol. The molecule has 0 aliphatic carbocycles. The molecular weight excluding hydrogens is 312 g/mol. The first kappa shape index (κ1) is 18.6. The topological polar surface area (TPSA) is 92.1 Å². The van der Waals surface area contributed by atoms with Crippen LogP contribution < -0.4 is 0 Å². The van der Waals surface area contributed by atoms with Crippen molar-refractivity contribution >= 4 is 6.16 Å². The van der Waals surface area contributed by atoms with Crippen molar-refractivity contribution in [2.75, 3.05) is 19.7 Å². The number of nitrogens with zero attached hydrogens (tertiary/aromatic N) is 2. The molecule has 0 aromatic carbocycles. The number of aliphatic hydroxyl groups excluding tert-OH is 2. The summed E-state index contributed by atoms with van der Waals surface area (Å²) >= 11 is 0. The summed E-state index contributed by atoms with van der Waals surface area (Å²) in [5.41, 5.74) is 1.15. The van der Waals surface area contributed by atoms with Crippen molar-refractivity contribution in [3.63, 3.8) is 0 Å². The number of carbonyl (C=O) groups is 1. The van der Waals surface area contributed by atoms with E-state index in [9.17, 15) is 9.90 Å². The van der Waals surface area contributed by atoms with Crippen LogP contribution in [0.5, 0.6) is 0 Å². The molecule has 2 atom stereocenters. The molecule has 0 radical (unpaired) electrons. The first-order chi connectivity index (χ1) is 11.3. The van der Waals surface area contributed by atoms with Gasteiger partial charge in [-0.3, -0.25) is 4.98 Å². The van der Waals surface area contributed by atoms with E-state index in [4.69, 9.17) is 14.7 Å². The van der Waals surface area contributed by atoms with Crippen molar-refractivity contribution in [3.05, 3.63) is 29.6 Å². The fourth-order valence-corrected chi connectivity index (χ4v) is 2.67. The van der Waals surface area contributed by atoms with Gasteiger partial charge in [0, 0.05) is 37.4 Å². The Morgan fingerprint density at radius 2 is 2.17 bits per heavy atom. The lowest BCUT2D eigenvalue weighted by atomic mass is 9.88. The van der Waals surface area contributed by atoms with Gasteiger partial charge in [-0.25, -0.2) is 4.79 Å². The maximum absolute atomic E-state index is 11.7. The predicted molar refractivity (Wildman–Crippen MR) is 87.3 cm³/mol. The number of carbonyl (C=O) groups excluding carboxylic acids is 1. The third-order valence-corrected chi connectivity index (χ3v) is 3.78. The van der Waals surface area contributed by atoms with Crippen molar-refractivity contribution in [1.29, 1.82) is 0 Å². The Hall–Kier alpha value is -1.70. The van der Waals surface area contributed by atoms with Gasteiger partial charge in [-0.15, -0.1) is 5.06 Å². The summed E-state index contributed by atoms with van der Waals surface area (Å²) in [5.74, 6) is -0.0563. The van der Waals surface area contributed by atoms with Gasteiger partial charge in [0.1, 0.15) is 5.60 Å². The van der Waals surface area contributed by atoms with Crippen LogP contribution in [-0.4, -0.2) is 57.8 Å². The van der Waals surface area contributed by atoms with Gasteiger partial charge in [-0.1, -0.05) is 6.07 Å². The van der Waals surface area contributed by atoms with E-state index in [-0.39, 0.29) is 19.1 Å². The highest BCUT2D eigenvalue weighted by Crippen LogP contribution is 2.28. The molecule has 0 saturated carbocycles. The van der Waals surface area contributed by atoms with E-state index in [1.54, 1.807) is 27.0 Å². The molecule has 7 heteroatoms. The van der Waals surface area contributed by atoms with E-state index in [1.807, 2.05) is 12.1 Å². The zero-order valence-corrected chi connectivity index (χ0v) is 14.4. The van der Waals surface area contributed by atoms with Crippen molar-refractivity contribution in [3.8, 4) is 0 Å². The highest BCUT2D eigenvalue weighted by molar-refractivity contribution is 5.60. The van der Waals surface area contributed by atoms with E-state index in [1.165, 1.54) is 5.06 Å². The van der Waals surface area contributed by atoms with Crippen LogP contribution >= 0.6 is 0 Å². The van der Waals surface area contributed by atoms with Crippen LogP contribution in [0.25, 0.3) is 0 Å². The van der Waals surface area contributed by atoms with Crippen LogP contribution in [0.2, 0.25) is 0 Å². The molecule has 7 nitrogen and oxygen atoms in total. The largest absolute Gasteiger partial charge is 0.528 e. The highest BCUT2D eigenvalue weighted by Gasteiger charge is 2.32. The standard InChI is InChI=1S/C17H26N2O5/c1-17(2,3)23-16(22)24-19-8-6-14(15(21)11-19)12-4-5-13(7-9-20)18-10-12/h4-5,10,14-15,20-21H,6-9,11H2,1-3H3. The Morgan fingerprint density at radius 1 is 1.42 bits per heavy atom. The molecule has 2 rings (SSSR count). The van der Waals surface area contributed by atoms with Gasteiger partial charge in [0.05, 0.1) is 12.6 Å². The molecule has 1 aromatic heterocycles. The number of rotatable bonds is 4. The zero-order chi connectivity index (χ0) is 17.7. The molecule has 0 spiro atoms. The first-order valence-electron chi connectivity index (χ1n) is 8.18. The number of β-amino-alcohol motifs (C(OH)–C–C–N with tert-alkyl or cyclic N) is 1. The van der Waals surface area contributed by atoms with Crippen LogP contribution in [0.15, 0.2) is 18.3 Å². The highest BCUT2D eigenvalue weighted by atomic mass is 16.8. The summed E-state index contributed by atoms with van der Waals surface area (Å²) < 4.78 is 5.11. The van der Waals surface area contributed by atoms with E-state index in [2.05, 4.69) is 4.98 Å². The number of aromatic nitrogens is 1. The molecule has 2 N–H and O–H groups in total. The molecule has 134 valence electrons. The Bertz CT molecular complexity index is 541. The summed E-state index contributed by atoms with van der Waals surface area (Å²) in [4.78, 5) is 21.1. The number of pyridine rings is 1. The third kappa shape index (κ3) is 5.43. The Labute approximate surface area is 142 Å². The first-order valence-corrected chi connectivity index (χ1v) is 8.18. The maximum Gasteiger partial charge on any atom is 0.528 e. The lowest BCUT2D eigenvalue weighted by Crippen LogP contribution is -2.44. The minimum atomic E-state index is -0.761. The van der Waals surface area contributed by atoms with E-state index >= 15 is 0 Å². The molecule has 0 bridgehead atoms. The molecule has 24 heavy (non-hydrogen) atoms. The van der Waals surface area contributed by atoms with Gasteiger partial charge in [0.2, 0.25) is 0 Å². The van der Waals surface area contributed by atoms with Gasteiger partial charge in [-0.05, 0) is 38.8 Å². The van der Waals surface area contributed by atoms with E-state index < -0.39 is 17.9 Å². The van der Waals surface area contributed by atoms with Gasteiger partial charge in [0.25, 0.3) is 0 Å². The molecule has 1 aliphatic heterocycles. The lowest BCUT2D eigenvalue weighted by Gasteiger charge is -2.34.